The van der Waals surface area contributed by atoms with Crippen LogP contribution >= 0.6 is 0 Å². The maximum absolute atomic E-state index is 12.7. The van der Waals surface area contributed by atoms with Crippen molar-refractivity contribution in [3.8, 4) is 5.75 Å². The van der Waals surface area contributed by atoms with Crippen LogP contribution in [0.5, 0.6) is 5.75 Å². The number of nitro groups is 1. The third-order valence-corrected chi connectivity index (χ3v) is 6.42. The third-order valence-electron chi connectivity index (χ3n) is 4.60. The molecule has 2 aromatic rings. The van der Waals surface area contributed by atoms with Crippen LogP contribution < -0.4 is 9.64 Å². The standard InChI is InChI=1S/C18H21N3O5S/c1-26-17-8-6-16(7-9-17)19-10-12-20(13-11-19)27(24,25)14-15-4-2-3-5-18(15)21(22)23/h2-9H,10-14H2,1H3. The molecule has 0 N–H and O–H groups in total. The van der Waals surface area contributed by atoms with Gasteiger partial charge in [-0.25, -0.2) is 8.42 Å². The van der Waals surface area contributed by atoms with Gasteiger partial charge in [-0.1, -0.05) is 18.2 Å². The molecule has 144 valence electrons. The molecule has 0 saturated carbocycles. The minimum atomic E-state index is -3.63. The number of methoxy groups -OCH3 is 1. The Balaban J connectivity index is 1.67. The van der Waals surface area contributed by atoms with Crippen LogP contribution in [0.25, 0.3) is 0 Å². The number of sulfonamides is 1. The van der Waals surface area contributed by atoms with Gasteiger partial charge >= 0.3 is 0 Å². The molecule has 27 heavy (non-hydrogen) atoms. The Labute approximate surface area is 158 Å². The van der Waals surface area contributed by atoms with Gasteiger partial charge in [0.05, 0.1) is 17.8 Å². The minimum absolute atomic E-state index is 0.169. The van der Waals surface area contributed by atoms with Crippen LogP contribution in [0.3, 0.4) is 0 Å². The molecule has 0 aromatic heterocycles. The second-order valence-electron chi connectivity index (χ2n) is 6.23. The molecule has 9 heteroatoms. The number of nitro benzene ring substituents is 1. The first kappa shape index (κ1) is 19.1. The van der Waals surface area contributed by atoms with E-state index in [0.717, 1.165) is 11.4 Å². The Morgan fingerprint density at radius 3 is 2.26 bits per heavy atom. The van der Waals surface area contributed by atoms with E-state index in [-0.39, 0.29) is 17.0 Å². The first-order chi connectivity index (χ1) is 12.9. The molecule has 1 aliphatic heterocycles. The predicted molar refractivity (Wildman–Crippen MR) is 103 cm³/mol. The van der Waals surface area contributed by atoms with Crippen molar-refractivity contribution >= 4 is 21.4 Å². The highest BCUT2D eigenvalue weighted by atomic mass is 32.2. The largest absolute Gasteiger partial charge is 0.497 e. The van der Waals surface area contributed by atoms with Gasteiger partial charge in [0, 0.05) is 43.5 Å². The Bertz CT molecular complexity index is 907. The summed E-state index contributed by atoms with van der Waals surface area (Å²) in [5, 5.41) is 11.1. The SMILES string of the molecule is COc1ccc(N2CCN(S(=O)(=O)Cc3ccccc3[N+](=O)[O-])CC2)cc1. The van der Waals surface area contributed by atoms with Crippen molar-refractivity contribution in [3.63, 3.8) is 0 Å². The molecule has 8 nitrogen and oxygen atoms in total. The fourth-order valence-corrected chi connectivity index (χ4v) is 4.66. The molecule has 0 spiro atoms. The van der Waals surface area contributed by atoms with E-state index in [1.165, 1.54) is 22.5 Å². The number of anilines is 1. The summed E-state index contributed by atoms with van der Waals surface area (Å²) in [6.45, 7) is 1.80. The lowest BCUT2D eigenvalue weighted by Crippen LogP contribution is -2.49. The number of hydrogen-bond donors (Lipinski definition) is 0. The summed E-state index contributed by atoms with van der Waals surface area (Å²) in [6.07, 6.45) is 0. The quantitative estimate of drug-likeness (QED) is 0.554. The van der Waals surface area contributed by atoms with Gasteiger partial charge in [-0.15, -0.1) is 0 Å². The number of para-hydroxylation sites is 1. The van der Waals surface area contributed by atoms with Crippen LogP contribution in [0.1, 0.15) is 5.56 Å². The molecule has 0 radical (unpaired) electrons. The summed E-state index contributed by atoms with van der Waals surface area (Å²) in [5.41, 5.74) is 1.05. The van der Waals surface area contributed by atoms with Gasteiger partial charge in [-0.2, -0.15) is 4.31 Å². The van der Waals surface area contributed by atoms with Crippen molar-refractivity contribution in [1.29, 1.82) is 0 Å². The zero-order chi connectivity index (χ0) is 19.4. The maximum atomic E-state index is 12.7. The van der Waals surface area contributed by atoms with E-state index in [2.05, 4.69) is 4.90 Å². The Kier molecular flexibility index (Phi) is 5.62. The molecule has 1 aliphatic rings. The molecule has 0 amide bonds. The van der Waals surface area contributed by atoms with Crippen LogP contribution in [0.15, 0.2) is 48.5 Å². The smallest absolute Gasteiger partial charge is 0.273 e. The summed E-state index contributed by atoms with van der Waals surface area (Å²) >= 11 is 0. The van der Waals surface area contributed by atoms with E-state index in [1.807, 2.05) is 24.3 Å². The lowest BCUT2D eigenvalue weighted by Gasteiger charge is -2.35. The summed E-state index contributed by atoms with van der Waals surface area (Å²) < 4.78 is 32.0. The van der Waals surface area contributed by atoms with Gasteiger partial charge in [0.25, 0.3) is 5.69 Å². The number of benzene rings is 2. The molecule has 1 saturated heterocycles. The van der Waals surface area contributed by atoms with Gasteiger partial charge in [0.2, 0.25) is 10.0 Å². The average molecular weight is 391 g/mol. The van der Waals surface area contributed by atoms with Crippen molar-refractivity contribution in [1.82, 2.24) is 4.31 Å². The lowest BCUT2D eigenvalue weighted by molar-refractivity contribution is -0.385. The molecule has 0 unspecified atom stereocenters. The topological polar surface area (TPSA) is 93.0 Å². The van der Waals surface area contributed by atoms with Crippen molar-refractivity contribution in [2.45, 2.75) is 5.75 Å². The van der Waals surface area contributed by atoms with Crippen LogP contribution in [-0.4, -0.2) is 50.9 Å². The van der Waals surface area contributed by atoms with Crippen molar-refractivity contribution < 1.29 is 18.1 Å². The van der Waals surface area contributed by atoms with Crippen LogP contribution in [0.2, 0.25) is 0 Å². The summed E-state index contributed by atoms with van der Waals surface area (Å²) in [7, 11) is -2.02. The highest BCUT2D eigenvalue weighted by molar-refractivity contribution is 7.88. The maximum Gasteiger partial charge on any atom is 0.273 e. The van der Waals surface area contributed by atoms with Crippen LogP contribution in [0.4, 0.5) is 11.4 Å². The highest BCUT2D eigenvalue weighted by Gasteiger charge is 2.29. The summed E-state index contributed by atoms with van der Waals surface area (Å²) in [4.78, 5) is 12.7. The molecule has 2 aromatic carbocycles. The molecule has 1 fully saturated rings. The van der Waals surface area contributed by atoms with Gasteiger partial charge < -0.3 is 9.64 Å². The number of nitrogens with zero attached hydrogens (tertiary/aromatic N) is 3. The van der Waals surface area contributed by atoms with E-state index in [1.54, 1.807) is 13.2 Å². The predicted octanol–water partition coefficient (Wildman–Crippen LogP) is 2.26. The van der Waals surface area contributed by atoms with Crippen LogP contribution in [-0.2, 0) is 15.8 Å². The molecule has 0 bridgehead atoms. The lowest BCUT2D eigenvalue weighted by atomic mass is 10.2. The molecular weight excluding hydrogens is 370 g/mol. The normalized spacial score (nSPS) is 15.5. The van der Waals surface area contributed by atoms with Gasteiger partial charge in [0.15, 0.2) is 0 Å². The molecule has 0 aliphatic carbocycles. The molecular formula is C18H21N3O5S. The van der Waals surface area contributed by atoms with E-state index in [4.69, 9.17) is 4.74 Å². The fourth-order valence-electron chi connectivity index (χ4n) is 3.12. The number of hydrogen-bond acceptors (Lipinski definition) is 6. The third kappa shape index (κ3) is 4.37. The zero-order valence-corrected chi connectivity index (χ0v) is 15.8. The number of ether oxygens (including phenoxy) is 1. The first-order valence-corrected chi connectivity index (χ1v) is 10.1. The van der Waals surface area contributed by atoms with E-state index >= 15 is 0 Å². The van der Waals surface area contributed by atoms with Crippen molar-refractivity contribution in [2.75, 3.05) is 38.2 Å². The van der Waals surface area contributed by atoms with Crippen molar-refractivity contribution in [2.24, 2.45) is 0 Å². The fraction of sp³-hybridized carbons (Fsp3) is 0.333. The zero-order valence-electron chi connectivity index (χ0n) is 14.9. The van der Waals surface area contributed by atoms with E-state index in [9.17, 15) is 18.5 Å². The van der Waals surface area contributed by atoms with Crippen LogP contribution in [0, 0.1) is 10.1 Å². The van der Waals surface area contributed by atoms with Gasteiger partial charge in [0.1, 0.15) is 5.75 Å². The van der Waals surface area contributed by atoms with Crippen molar-refractivity contribution in [3.05, 3.63) is 64.2 Å². The average Bonchev–Trinajstić information content (AvgIpc) is 2.68. The first-order valence-electron chi connectivity index (χ1n) is 8.50. The molecule has 3 rings (SSSR count). The highest BCUT2D eigenvalue weighted by Crippen LogP contribution is 2.24. The van der Waals surface area contributed by atoms with E-state index in [0.29, 0.717) is 26.2 Å². The second kappa shape index (κ2) is 7.93. The van der Waals surface area contributed by atoms with Gasteiger partial charge in [-0.3, -0.25) is 10.1 Å². The summed E-state index contributed by atoms with van der Waals surface area (Å²) in [6, 6.07) is 13.6. The summed E-state index contributed by atoms with van der Waals surface area (Å²) in [5.74, 6) is 0.400. The minimum Gasteiger partial charge on any atom is -0.497 e. The van der Waals surface area contributed by atoms with E-state index < -0.39 is 14.9 Å². The molecule has 0 atom stereocenters. The second-order valence-corrected chi connectivity index (χ2v) is 8.20. The Morgan fingerprint density at radius 1 is 1.04 bits per heavy atom. The van der Waals surface area contributed by atoms with Gasteiger partial charge in [-0.05, 0) is 24.3 Å². The monoisotopic (exact) mass is 391 g/mol. The number of piperazine rings is 1. The Morgan fingerprint density at radius 2 is 1.67 bits per heavy atom. The number of rotatable bonds is 6. The Hall–Kier alpha value is -2.65. The molecule has 1 heterocycles.